The molecule has 1 rings (SSSR count). The minimum atomic E-state index is -1.20. The number of aliphatic carboxylic acids is 1. The minimum Gasteiger partial charge on any atom is -0.508 e. The molecule has 29 heavy (non-hydrogen) atoms. The summed E-state index contributed by atoms with van der Waals surface area (Å²) in [6.45, 7) is 1.63. The third kappa shape index (κ3) is 8.93. The van der Waals surface area contributed by atoms with E-state index in [1.165, 1.54) is 19.1 Å². The maximum absolute atomic E-state index is 12.5. The number of carbonyl (C=O) groups is 3. The predicted octanol–water partition coefficient (Wildman–Crippen LogP) is -1.61. The molecule has 10 N–H and O–H groups in total. The van der Waals surface area contributed by atoms with Crippen LogP contribution in [-0.2, 0) is 20.8 Å². The summed E-state index contributed by atoms with van der Waals surface area (Å²) in [5.41, 5.74) is 17.0. The van der Waals surface area contributed by atoms with Crippen molar-refractivity contribution in [3.8, 4) is 5.75 Å². The molecule has 0 aliphatic rings. The summed E-state index contributed by atoms with van der Waals surface area (Å²) in [4.78, 5) is 39.7. The van der Waals surface area contributed by atoms with Crippen LogP contribution in [-0.4, -0.2) is 58.6 Å². The number of phenols is 1. The number of guanidine groups is 1. The van der Waals surface area contributed by atoms with E-state index < -0.39 is 35.9 Å². The van der Waals surface area contributed by atoms with Gasteiger partial charge in [-0.2, -0.15) is 0 Å². The molecule has 0 radical (unpaired) electrons. The molecule has 11 nitrogen and oxygen atoms in total. The Morgan fingerprint density at radius 1 is 1.10 bits per heavy atom. The fraction of sp³-hybridized carbons (Fsp3) is 0.444. The first-order chi connectivity index (χ1) is 13.6. The Bertz CT molecular complexity index is 733. The Balaban J connectivity index is 2.79. The highest BCUT2D eigenvalue weighted by Gasteiger charge is 2.26. The van der Waals surface area contributed by atoms with Crippen molar-refractivity contribution >= 4 is 23.7 Å². The zero-order valence-electron chi connectivity index (χ0n) is 16.2. The molecular formula is C18H28N6O5. The van der Waals surface area contributed by atoms with E-state index in [9.17, 15) is 19.5 Å². The van der Waals surface area contributed by atoms with Crippen LogP contribution in [0.5, 0.6) is 5.75 Å². The van der Waals surface area contributed by atoms with Gasteiger partial charge in [-0.25, -0.2) is 0 Å². The Morgan fingerprint density at radius 3 is 2.28 bits per heavy atom. The van der Waals surface area contributed by atoms with Crippen molar-refractivity contribution < 1.29 is 24.6 Å². The predicted molar refractivity (Wildman–Crippen MR) is 107 cm³/mol. The molecule has 0 heterocycles. The molecule has 0 saturated carbocycles. The lowest BCUT2D eigenvalue weighted by Gasteiger charge is -2.22. The Kier molecular flexibility index (Phi) is 9.39. The number of nitrogens with zero attached hydrogens (tertiary/aromatic N) is 1. The third-order valence-electron chi connectivity index (χ3n) is 4.04. The number of phenolic OH excluding ortho intramolecular Hbond substituents is 1. The summed E-state index contributed by atoms with van der Waals surface area (Å²) in [5, 5.41) is 23.3. The molecule has 160 valence electrons. The quantitative estimate of drug-likeness (QED) is 0.128. The van der Waals surface area contributed by atoms with Crippen molar-refractivity contribution in [2.24, 2.45) is 22.2 Å². The van der Waals surface area contributed by atoms with Gasteiger partial charge in [-0.05, 0) is 37.5 Å². The van der Waals surface area contributed by atoms with E-state index >= 15 is 0 Å². The molecule has 1 aromatic carbocycles. The van der Waals surface area contributed by atoms with Crippen LogP contribution in [0.15, 0.2) is 29.3 Å². The number of nitrogens with one attached hydrogen (secondary N) is 2. The van der Waals surface area contributed by atoms with Gasteiger partial charge in [0.2, 0.25) is 11.8 Å². The summed E-state index contributed by atoms with van der Waals surface area (Å²) in [6, 6.07) is 3.02. The van der Waals surface area contributed by atoms with E-state index in [0.717, 1.165) is 0 Å². The van der Waals surface area contributed by atoms with Gasteiger partial charge in [-0.15, -0.1) is 0 Å². The first kappa shape index (κ1) is 23.7. The van der Waals surface area contributed by atoms with Gasteiger partial charge in [0.05, 0.1) is 6.04 Å². The number of benzene rings is 1. The molecule has 0 bridgehead atoms. The average molecular weight is 408 g/mol. The summed E-state index contributed by atoms with van der Waals surface area (Å²) in [6.07, 6.45) is 0.851. The van der Waals surface area contributed by atoms with Gasteiger partial charge in [0.15, 0.2) is 5.96 Å². The molecule has 11 heteroatoms. The minimum absolute atomic E-state index is 0.0544. The number of aromatic hydroxyl groups is 1. The van der Waals surface area contributed by atoms with E-state index in [1.54, 1.807) is 12.1 Å². The van der Waals surface area contributed by atoms with Crippen molar-refractivity contribution in [3.05, 3.63) is 29.8 Å². The molecule has 0 aliphatic heterocycles. The molecule has 0 aromatic heterocycles. The van der Waals surface area contributed by atoms with E-state index in [-0.39, 0.29) is 18.1 Å². The van der Waals surface area contributed by atoms with Gasteiger partial charge in [-0.1, -0.05) is 12.1 Å². The van der Waals surface area contributed by atoms with Crippen LogP contribution in [0, 0.1) is 0 Å². The number of amides is 2. The SMILES string of the molecule is C[C@H](NC(=O)[C@H](Cc1ccc(O)cc1)NC(=O)[C@@H](N)CCCN=C(N)N)C(=O)O. The van der Waals surface area contributed by atoms with Crippen LogP contribution in [0.2, 0.25) is 0 Å². The summed E-state index contributed by atoms with van der Waals surface area (Å²) < 4.78 is 0. The number of nitrogens with two attached hydrogens (primary N) is 3. The van der Waals surface area contributed by atoms with Gasteiger partial charge >= 0.3 is 5.97 Å². The number of hydrogen-bond donors (Lipinski definition) is 7. The zero-order valence-corrected chi connectivity index (χ0v) is 16.2. The first-order valence-corrected chi connectivity index (χ1v) is 9.02. The second-order valence-corrected chi connectivity index (χ2v) is 6.56. The monoisotopic (exact) mass is 408 g/mol. The van der Waals surface area contributed by atoms with E-state index in [1.807, 2.05) is 0 Å². The largest absolute Gasteiger partial charge is 0.508 e. The molecule has 1 aromatic rings. The van der Waals surface area contributed by atoms with Crippen molar-refractivity contribution in [2.45, 2.75) is 44.3 Å². The van der Waals surface area contributed by atoms with Gasteiger partial charge in [0.1, 0.15) is 17.8 Å². The summed E-state index contributed by atoms with van der Waals surface area (Å²) >= 11 is 0. The molecule has 0 aliphatic carbocycles. The molecular weight excluding hydrogens is 380 g/mol. The van der Waals surface area contributed by atoms with Crippen LogP contribution in [0.25, 0.3) is 0 Å². The van der Waals surface area contributed by atoms with Crippen molar-refractivity contribution in [3.63, 3.8) is 0 Å². The second-order valence-electron chi connectivity index (χ2n) is 6.56. The van der Waals surface area contributed by atoms with E-state index in [0.29, 0.717) is 24.9 Å². The third-order valence-corrected chi connectivity index (χ3v) is 4.04. The van der Waals surface area contributed by atoms with Crippen molar-refractivity contribution in [2.75, 3.05) is 6.54 Å². The van der Waals surface area contributed by atoms with Crippen LogP contribution >= 0.6 is 0 Å². The molecule has 3 atom stereocenters. The summed E-state index contributed by atoms with van der Waals surface area (Å²) in [5.74, 6) is -2.42. The Morgan fingerprint density at radius 2 is 1.72 bits per heavy atom. The normalized spacial score (nSPS) is 13.6. The topological polar surface area (TPSA) is 206 Å². The number of aliphatic imine (C=N–C) groups is 1. The van der Waals surface area contributed by atoms with Crippen LogP contribution in [0.4, 0.5) is 0 Å². The lowest BCUT2D eigenvalue weighted by atomic mass is 10.0. The fourth-order valence-corrected chi connectivity index (χ4v) is 2.38. The maximum Gasteiger partial charge on any atom is 0.325 e. The highest BCUT2D eigenvalue weighted by atomic mass is 16.4. The molecule has 0 spiro atoms. The van der Waals surface area contributed by atoms with Gasteiger partial charge < -0.3 is 38.0 Å². The number of hydrogen-bond acceptors (Lipinski definition) is 6. The number of carbonyl (C=O) groups excluding carboxylic acids is 2. The molecule has 0 fully saturated rings. The maximum atomic E-state index is 12.5. The van der Waals surface area contributed by atoms with Crippen molar-refractivity contribution in [1.82, 2.24) is 10.6 Å². The standard InChI is InChI=1S/C18H28N6O5/c1-10(17(28)29)23-16(27)14(9-11-4-6-12(25)7-5-11)24-15(26)13(19)3-2-8-22-18(20)21/h4-7,10,13-14,25H,2-3,8-9,19H2,1H3,(H,23,27)(H,24,26)(H,28,29)(H4,20,21,22)/t10-,13-,14-/m0/s1. The first-order valence-electron chi connectivity index (χ1n) is 9.02. The number of carboxylic acids is 1. The number of carboxylic acid groups (broad SMARTS) is 1. The number of rotatable bonds is 11. The molecule has 0 unspecified atom stereocenters. The van der Waals surface area contributed by atoms with Crippen LogP contribution in [0.3, 0.4) is 0 Å². The zero-order chi connectivity index (χ0) is 22.0. The fourth-order valence-electron chi connectivity index (χ4n) is 2.38. The van der Waals surface area contributed by atoms with Crippen LogP contribution in [0.1, 0.15) is 25.3 Å². The average Bonchev–Trinajstić information content (AvgIpc) is 2.65. The highest BCUT2D eigenvalue weighted by molar-refractivity contribution is 5.91. The van der Waals surface area contributed by atoms with E-state index in [4.69, 9.17) is 22.3 Å². The van der Waals surface area contributed by atoms with Gasteiger partial charge in [0, 0.05) is 13.0 Å². The Labute approximate surface area is 168 Å². The van der Waals surface area contributed by atoms with Gasteiger partial charge in [-0.3, -0.25) is 19.4 Å². The molecule has 0 saturated heterocycles. The summed E-state index contributed by atoms with van der Waals surface area (Å²) in [7, 11) is 0. The second kappa shape index (κ2) is 11.5. The highest BCUT2D eigenvalue weighted by Crippen LogP contribution is 2.12. The van der Waals surface area contributed by atoms with Crippen molar-refractivity contribution in [1.29, 1.82) is 0 Å². The van der Waals surface area contributed by atoms with E-state index in [2.05, 4.69) is 15.6 Å². The lowest BCUT2D eigenvalue weighted by molar-refractivity contribution is -0.141. The van der Waals surface area contributed by atoms with Gasteiger partial charge in [0.25, 0.3) is 0 Å². The smallest absolute Gasteiger partial charge is 0.325 e. The Hall–Kier alpha value is -3.34. The van der Waals surface area contributed by atoms with Crippen LogP contribution < -0.4 is 27.8 Å². The lowest BCUT2D eigenvalue weighted by Crippen LogP contribution is -2.54. The molecule has 2 amide bonds.